The quantitative estimate of drug-likeness (QED) is 0.489. The number of ether oxygens (including phenoxy) is 1. The van der Waals surface area contributed by atoms with Crippen molar-refractivity contribution in [3.8, 4) is 0 Å². The number of hydrogen-bond donors (Lipinski definition) is 2. The molecule has 1 saturated heterocycles. The van der Waals surface area contributed by atoms with Gasteiger partial charge in [0.15, 0.2) is 0 Å². The molecule has 2 unspecified atom stereocenters. The number of rotatable bonds is 2. The molecule has 1 fully saturated rings. The van der Waals surface area contributed by atoms with Crippen molar-refractivity contribution in [1.82, 2.24) is 0 Å². The molecule has 0 bridgehead atoms. The number of carbonyl (C=O) groups is 1. The van der Waals surface area contributed by atoms with E-state index in [2.05, 4.69) is 0 Å². The molecule has 0 saturated carbocycles. The van der Waals surface area contributed by atoms with Crippen molar-refractivity contribution in [2.24, 2.45) is 5.73 Å². The Hall–Kier alpha value is -0.610. The highest BCUT2D eigenvalue weighted by Gasteiger charge is 2.30. The van der Waals surface area contributed by atoms with Gasteiger partial charge in [0.2, 0.25) is 0 Å². The Morgan fingerprint density at radius 1 is 1.80 bits per heavy atom. The van der Waals surface area contributed by atoms with E-state index in [-0.39, 0.29) is 18.7 Å². The Kier molecular flexibility index (Phi) is 2.24. The predicted octanol–water partition coefficient (Wildman–Crippen LogP) is -0.988. The Bertz CT molecular complexity index is 137. The minimum absolute atomic E-state index is 0.0463. The van der Waals surface area contributed by atoms with Crippen LogP contribution >= 0.6 is 0 Å². The molecule has 1 aliphatic heterocycles. The number of esters is 1. The first-order valence-corrected chi connectivity index (χ1v) is 3.31. The van der Waals surface area contributed by atoms with Crippen molar-refractivity contribution in [2.75, 3.05) is 6.61 Å². The van der Waals surface area contributed by atoms with E-state index in [1.807, 2.05) is 0 Å². The van der Waals surface area contributed by atoms with Gasteiger partial charge >= 0.3 is 5.97 Å². The number of nitrogens with two attached hydrogens (primary N) is 1. The van der Waals surface area contributed by atoms with E-state index in [1.165, 1.54) is 0 Å². The van der Waals surface area contributed by atoms with Crippen molar-refractivity contribution in [3.05, 3.63) is 0 Å². The lowest BCUT2D eigenvalue weighted by molar-refractivity contribution is -0.142. The first-order chi connectivity index (χ1) is 4.74. The second-order valence-corrected chi connectivity index (χ2v) is 2.41. The number of aliphatic hydroxyl groups excluding tert-OH is 1. The summed E-state index contributed by atoms with van der Waals surface area (Å²) in [5.74, 6) is -0.349. The minimum atomic E-state index is -0.475. The van der Waals surface area contributed by atoms with Crippen LogP contribution in [0.2, 0.25) is 0 Å². The van der Waals surface area contributed by atoms with Crippen LogP contribution in [-0.2, 0) is 9.53 Å². The fourth-order valence-corrected chi connectivity index (χ4v) is 1.000. The molecule has 3 N–H and O–H groups in total. The van der Waals surface area contributed by atoms with Gasteiger partial charge in [-0.2, -0.15) is 0 Å². The number of aliphatic hydroxyl groups is 1. The third-order valence-corrected chi connectivity index (χ3v) is 1.55. The highest BCUT2D eigenvalue weighted by molar-refractivity contribution is 5.77. The van der Waals surface area contributed by atoms with E-state index in [9.17, 15) is 4.79 Å². The molecule has 1 aliphatic rings. The first-order valence-electron chi connectivity index (χ1n) is 3.31. The monoisotopic (exact) mass is 145 g/mol. The maximum absolute atomic E-state index is 10.6. The normalized spacial score (nSPS) is 32.4. The molecule has 1 heterocycles. The summed E-state index contributed by atoms with van der Waals surface area (Å²) in [6, 6.07) is -0.475. The SMILES string of the molecule is NC1CC(CCO)OC1=O. The molecule has 1 rings (SSSR count). The minimum Gasteiger partial charge on any atom is -0.461 e. The second-order valence-electron chi connectivity index (χ2n) is 2.41. The van der Waals surface area contributed by atoms with Crippen LogP contribution < -0.4 is 5.73 Å². The summed E-state index contributed by atoms with van der Waals surface area (Å²) >= 11 is 0. The molecule has 10 heavy (non-hydrogen) atoms. The van der Waals surface area contributed by atoms with Crippen LogP contribution in [0.15, 0.2) is 0 Å². The molecular weight excluding hydrogens is 134 g/mol. The number of hydrogen-bond acceptors (Lipinski definition) is 4. The van der Waals surface area contributed by atoms with E-state index < -0.39 is 6.04 Å². The Morgan fingerprint density at radius 2 is 2.50 bits per heavy atom. The van der Waals surface area contributed by atoms with Crippen LogP contribution in [0.4, 0.5) is 0 Å². The lowest BCUT2D eigenvalue weighted by Gasteiger charge is -2.03. The van der Waals surface area contributed by atoms with E-state index in [0.717, 1.165) is 0 Å². The molecule has 0 amide bonds. The lowest BCUT2D eigenvalue weighted by Crippen LogP contribution is -2.24. The third-order valence-electron chi connectivity index (χ3n) is 1.55. The van der Waals surface area contributed by atoms with E-state index in [1.54, 1.807) is 0 Å². The van der Waals surface area contributed by atoms with Gasteiger partial charge < -0.3 is 15.6 Å². The summed E-state index contributed by atoms with van der Waals surface area (Å²) in [5.41, 5.74) is 5.34. The molecule has 0 spiro atoms. The first kappa shape index (κ1) is 7.50. The smallest absolute Gasteiger partial charge is 0.323 e. The van der Waals surface area contributed by atoms with Gasteiger partial charge in [-0.15, -0.1) is 0 Å². The molecule has 0 aromatic carbocycles. The maximum Gasteiger partial charge on any atom is 0.323 e. The highest BCUT2D eigenvalue weighted by atomic mass is 16.6. The number of cyclic esters (lactones) is 1. The summed E-state index contributed by atoms with van der Waals surface area (Å²) in [7, 11) is 0. The van der Waals surface area contributed by atoms with Crippen molar-refractivity contribution in [3.63, 3.8) is 0 Å². The molecule has 2 atom stereocenters. The molecule has 0 aromatic heterocycles. The topological polar surface area (TPSA) is 72.6 Å². The highest BCUT2D eigenvalue weighted by Crippen LogP contribution is 2.15. The van der Waals surface area contributed by atoms with Crippen LogP contribution in [0.3, 0.4) is 0 Å². The molecular formula is C6H11NO3. The van der Waals surface area contributed by atoms with Crippen LogP contribution in [0, 0.1) is 0 Å². The van der Waals surface area contributed by atoms with Crippen LogP contribution in [0.5, 0.6) is 0 Å². The molecule has 0 aliphatic carbocycles. The average molecular weight is 145 g/mol. The maximum atomic E-state index is 10.6. The van der Waals surface area contributed by atoms with Gasteiger partial charge in [-0.1, -0.05) is 0 Å². The fourth-order valence-electron chi connectivity index (χ4n) is 1.000. The average Bonchev–Trinajstić information content (AvgIpc) is 2.14. The fraction of sp³-hybridized carbons (Fsp3) is 0.833. The Balaban J connectivity index is 2.34. The lowest BCUT2D eigenvalue weighted by atomic mass is 10.1. The van der Waals surface area contributed by atoms with Crippen molar-refractivity contribution in [2.45, 2.75) is 25.0 Å². The van der Waals surface area contributed by atoms with Gasteiger partial charge in [0.25, 0.3) is 0 Å². The standard InChI is InChI=1S/C6H11NO3/c7-5-3-4(1-2-8)10-6(5)9/h4-5,8H,1-3,7H2. The van der Waals surface area contributed by atoms with E-state index in [0.29, 0.717) is 12.8 Å². The van der Waals surface area contributed by atoms with Crippen molar-refractivity contribution >= 4 is 5.97 Å². The summed E-state index contributed by atoms with van der Waals surface area (Å²) in [6.07, 6.45) is 0.881. The summed E-state index contributed by atoms with van der Waals surface area (Å²) < 4.78 is 4.79. The van der Waals surface area contributed by atoms with Crippen LogP contribution in [-0.4, -0.2) is 29.8 Å². The van der Waals surface area contributed by atoms with Gasteiger partial charge in [0.05, 0.1) is 0 Å². The van der Waals surface area contributed by atoms with Crippen LogP contribution in [0.25, 0.3) is 0 Å². The van der Waals surface area contributed by atoms with Crippen LogP contribution in [0.1, 0.15) is 12.8 Å². The predicted molar refractivity (Wildman–Crippen MR) is 34.2 cm³/mol. The summed E-state index contributed by atoms with van der Waals surface area (Å²) in [5, 5.41) is 8.47. The van der Waals surface area contributed by atoms with Crippen molar-refractivity contribution < 1.29 is 14.6 Å². The second kappa shape index (κ2) is 2.98. The zero-order chi connectivity index (χ0) is 7.56. The zero-order valence-corrected chi connectivity index (χ0v) is 5.62. The molecule has 0 aromatic rings. The summed E-state index contributed by atoms with van der Waals surface area (Å²) in [6.45, 7) is 0.0463. The van der Waals surface area contributed by atoms with Gasteiger partial charge in [-0.25, -0.2) is 0 Å². The zero-order valence-electron chi connectivity index (χ0n) is 5.62. The molecule has 4 nitrogen and oxygen atoms in total. The largest absolute Gasteiger partial charge is 0.461 e. The van der Waals surface area contributed by atoms with Gasteiger partial charge in [-0.3, -0.25) is 4.79 Å². The van der Waals surface area contributed by atoms with Crippen molar-refractivity contribution in [1.29, 1.82) is 0 Å². The van der Waals surface area contributed by atoms with Gasteiger partial charge in [0.1, 0.15) is 12.1 Å². The third kappa shape index (κ3) is 1.46. The van der Waals surface area contributed by atoms with Gasteiger partial charge in [0, 0.05) is 19.4 Å². The van der Waals surface area contributed by atoms with E-state index >= 15 is 0 Å². The Labute approximate surface area is 59.0 Å². The Morgan fingerprint density at radius 3 is 2.90 bits per heavy atom. The molecule has 4 heteroatoms. The molecule has 0 radical (unpaired) electrons. The summed E-state index contributed by atoms with van der Waals surface area (Å²) in [4.78, 5) is 10.6. The van der Waals surface area contributed by atoms with E-state index in [4.69, 9.17) is 15.6 Å². The molecule has 58 valence electrons. The van der Waals surface area contributed by atoms with Gasteiger partial charge in [-0.05, 0) is 0 Å². The number of carbonyl (C=O) groups excluding carboxylic acids is 1.